The molecule has 0 amide bonds. The predicted molar refractivity (Wildman–Crippen MR) is 75.4 cm³/mol. The van der Waals surface area contributed by atoms with Gasteiger partial charge in [0, 0.05) is 6.04 Å². The van der Waals surface area contributed by atoms with Crippen molar-refractivity contribution in [2.45, 2.75) is 13.0 Å². The molecule has 2 nitrogen and oxygen atoms in total. The number of ether oxygens (including phenoxy) is 1. The zero-order valence-electron chi connectivity index (χ0n) is 10.5. The molecule has 0 fully saturated rings. The van der Waals surface area contributed by atoms with E-state index in [0.717, 1.165) is 5.75 Å². The molecule has 3 heteroatoms. The second-order valence-corrected chi connectivity index (χ2v) is 4.52. The van der Waals surface area contributed by atoms with Gasteiger partial charge in [0.15, 0.2) is 0 Å². The highest BCUT2D eigenvalue weighted by molar-refractivity contribution is 6.32. The third-order valence-electron chi connectivity index (χ3n) is 2.88. The Labute approximate surface area is 113 Å². The molecular weight excluding hydrogens is 246 g/mol. The molecule has 0 aliphatic rings. The van der Waals surface area contributed by atoms with E-state index in [1.54, 1.807) is 0 Å². The van der Waals surface area contributed by atoms with Crippen LogP contribution in [0, 0.1) is 0 Å². The molecule has 1 unspecified atom stereocenters. The number of hydrogen-bond acceptors (Lipinski definition) is 2. The Kier molecular flexibility index (Phi) is 4.24. The van der Waals surface area contributed by atoms with Gasteiger partial charge in [0.25, 0.3) is 0 Å². The third-order valence-corrected chi connectivity index (χ3v) is 3.19. The quantitative estimate of drug-likeness (QED) is 0.880. The van der Waals surface area contributed by atoms with Crippen LogP contribution in [0.4, 0.5) is 0 Å². The number of benzene rings is 2. The highest BCUT2D eigenvalue weighted by Crippen LogP contribution is 2.29. The summed E-state index contributed by atoms with van der Waals surface area (Å²) in [5.41, 5.74) is 1.23. The summed E-state index contributed by atoms with van der Waals surface area (Å²) in [5, 5.41) is 3.81. The lowest BCUT2D eigenvalue weighted by molar-refractivity contribution is 0.482. The fraction of sp³-hybridized carbons (Fsp3) is 0.200. The van der Waals surface area contributed by atoms with E-state index in [1.165, 1.54) is 5.56 Å². The molecular formula is C15H16ClNO. The van der Waals surface area contributed by atoms with Gasteiger partial charge in [0.05, 0.1) is 5.02 Å². The summed E-state index contributed by atoms with van der Waals surface area (Å²) < 4.78 is 5.73. The van der Waals surface area contributed by atoms with Gasteiger partial charge in [-0.25, -0.2) is 0 Å². The first-order chi connectivity index (χ1) is 8.70. The number of hydrogen-bond donors (Lipinski definition) is 1. The monoisotopic (exact) mass is 261 g/mol. The summed E-state index contributed by atoms with van der Waals surface area (Å²) in [5.74, 6) is 1.46. The number of nitrogens with one attached hydrogen (secondary N) is 1. The third kappa shape index (κ3) is 3.03. The topological polar surface area (TPSA) is 21.3 Å². The Hall–Kier alpha value is -1.51. The van der Waals surface area contributed by atoms with Crippen molar-refractivity contribution < 1.29 is 4.74 Å². The molecule has 0 heterocycles. The predicted octanol–water partition coefficient (Wildman–Crippen LogP) is 4.41. The van der Waals surface area contributed by atoms with E-state index in [4.69, 9.17) is 16.3 Å². The average molecular weight is 262 g/mol. The van der Waals surface area contributed by atoms with Gasteiger partial charge in [-0.2, -0.15) is 0 Å². The SMILES string of the molecule is CNC(C)c1ccc(Oc2ccccc2Cl)cc1. The van der Waals surface area contributed by atoms with Crippen LogP contribution >= 0.6 is 11.6 Å². The van der Waals surface area contributed by atoms with E-state index >= 15 is 0 Å². The minimum atomic E-state index is 0.333. The van der Waals surface area contributed by atoms with Crippen LogP contribution in [0.2, 0.25) is 5.02 Å². The Morgan fingerprint density at radius 3 is 2.33 bits per heavy atom. The number of rotatable bonds is 4. The van der Waals surface area contributed by atoms with E-state index in [0.29, 0.717) is 16.8 Å². The maximum Gasteiger partial charge on any atom is 0.146 e. The summed E-state index contributed by atoms with van der Waals surface area (Å²) in [7, 11) is 1.94. The van der Waals surface area contributed by atoms with Crippen LogP contribution in [0.5, 0.6) is 11.5 Å². The molecule has 0 radical (unpaired) electrons. The molecule has 2 aromatic rings. The number of para-hydroxylation sites is 1. The standard InChI is InChI=1S/C15H16ClNO/c1-11(17-2)12-7-9-13(10-8-12)18-15-6-4-3-5-14(15)16/h3-11,17H,1-2H3. The highest BCUT2D eigenvalue weighted by Gasteiger charge is 2.04. The molecule has 0 aromatic heterocycles. The van der Waals surface area contributed by atoms with E-state index in [9.17, 15) is 0 Å². The fourth-order valence-corrected chi connectivity index (χ4v) is 1.82. The van der Waals surface area contributed by atoms with Crippen LogP contribution in [0.1, 0.15) is 18.5 Å². The normalized spacial score (nSPS) is 12.2. The van der Waals surface area contributed by atoms with Crippen molar-refractivity contribution in [3.05, 3.63) is 59.1 Å². The first-order valence-electron chi connectivity index (χ1n) is 5.90. The molecule has 1 N–H and O–H groups in total. The summed E-state index contributed by atoms with van der Waals surface area (Å²) in [4.78, 5) is 0. The van der Waals surface area contributed by atoms with Crippen molar-refractivity contribution in [2.24, 2.45) is 0 Å². The van der Waals surface area contributed by atoms with E-state index in [1.807, 2.05) is 55.6 Å². The van der Waals surface area contributed by atoms with Gasteiger partial charge < -0.3 is 10.1 Å². The summed E-state index contributed by atoms with van der Waals surface area (Å²) in [6.45, 7) is 2.12. The lowest BCUT2D eigenvalue weighted by Crippen LogP contribution is -2.11. The second-order valence-electron chi connectivity index (χ2n) is 4.11. The van der Waals surface area contributed by atoms with Gasteiger partial charge in [0.2, 0.25) is 0 Å². The zero-order chi connectivity index (χ0) is 13.0. The van der Waals surface area contributed by atoms with Gasteiger partial charge in [-0.15, -0.1) is 0 Å². The molecule has 2 rings (SSSR count). The zero-order valence-corrected chi connectivity index (χ0v) is 11.2. The summed E-state index contributed by atoms with van der Waals surface area (Å²) >= 11 is 6.04. The minimum Gasteiger partial charge on any atom is -0.456 e. The molecule has 0 bridgehead atoms. The molecule has 0 spiro atoms. The van der Waals surface area contributed by atoms with Crippen LogP contribution < -0.4 is 10.1 Å². The average Bonchev–Trinajstić information content (AvgIpc) is 2.41. The van der Waals surface area contributed by atoms with Crippen LogP contribution in [-0.2, 0) is 0 Å². The molecule has 2 aromatic carbocycles. The first kappa shape index (κ1) is 12.9. The van der Waals surface area contributed by atoms with Crippen molar-refractivity contribution in [3.8, 4) is 11.5 Å². The Bertz CT molecular complexity index is 510. The largest absolute Gasteiger partial charge is 0.456 e. The van der Waals surface area contributed by atoms with Crippen molar-refractivity contribution in [1.29, 1.82) is 0 Å². The Morgan fingerprint density at radius 2 is 1.72 bits per heavy atom. The second kappa shape index (κ2) is 5.89. The highest BCUT2D eigenvalue weighted by atomic mass is 35.5. The number of halogens is 1. The molecule has 94 valence electrons. The van der Waals surface area contributed by atoms with Crippen molar-refractivity contribution in [3.63, 3.8) is 0 Å². The molecule has 1 atom stereocenters. The van der Waals surface area contributed by atoms with E-state index < -0.39 is 0 Å². The summed E-state index contributed by atoms with van der Waals surface area (Å²) in [6, 6.07) is 15.8. The van der Waals surface area contributed by atoms with Gasteiger partial charge in [0.1, 0.15) is 11.5 Å². The van der Waals surface area contributed by atoms with Crippen LogP contribution in [0.3, 0.4) is 0 Å². The van der Waals surface area contributed by atoms with Crippen LogP contribution in [0.15, 0.2) is 48.5 Å². The van der Waals surface area contributed by atoms with E-state index in [2.05, 4.69) is 12.2 Å². The van der Waals surface area contributed by atoms with Crippen molar-refractivity contribution in [2.75, 3.05) is 7.05 Å². The smallest absolute Gasteiger partial charge is 0.146 e. The molecule has 0 saturated heterocycles. The molecule has 0 aliphatic carbocycles. The Morgan fingerprint density at radius 1 is 1.06 bits per heavy atom. The maximum absolute atomic E-state index is 6.04. The van der Waals surface area contributed by atoms with Crippen molar-refractivity contribution >= 4 is 11.6 Å². The van der Waals surface area contributed by atoms with Gasteiger partial charge in [-0.05, 0) is 43.8 Å². The lowest BCUT2D eigenvalue weighted by atomic mass is 10.1. The first-order valence-corrected chi connectivity index (χ1v) is 6.28. The maximum atomic E-state index is 6.04. The fourth-order valence-electron chi connectivity index (χ4n) is 1.65. The minimum absolute atomic E-state index is 0.333. The lowest BCUT2D eigenvalue weighted by Gasteiger charge is -2.12. The molecule has 0 saturated carbocycles. The van der Waals surface area contributed by atoms with Crippen molar-refractivity contribution in [1.82, 2.24) is 5.32 Å². The van der Waals surface area contributed by atoms with Crippen LogP contribution in [-0.4, -0.2) is 7.05 Å². The van der Waals surface area contributed by atoms with Crippen LogP contribution in [0.25, 0.3) is 0 Å². The van der Waals surface area contributed by atoms with Gasteiger partial charge in [-0.3, -0.25) is 0 Å². The van der Waals surface area contributed by atoms with Gasteiger partial charge in [-0.1, -0.05) is 35.9 Å². The molecule has 18 heavy (non-hydrogen) atoms. The molecule has 0 aliphatic heterocycles. The van der Waals surface area contributed by atoms with E-state index in [-0.39, 0.29) is 0 Å². The summed E-state index contributed by atoms with van der Waals surface area (Å²) in [6.07, 6.45) is 0. The Balaban J connectivity index is 2.14. The van der Waals surface area contributed by atoms with Gasteiger partial charge >= 0.3 is 0 Å².